The molecule has 1 atom stereocenters. The summed E-state index contributed by atoms with van der Waals surface area (Å²) in [6.07, 6.45) is 11.0. The van der Waals surface area contributed by atoms with Crippen molar-refractivity contribution in [3.8, 4) is 11.1 Å². The number of methoxy groups -OCH3 is 1. The number of aromatic nitrogens is 2. The largest absolute Gasteiger partial charge is 0.383 e. The highest BCUT2D eigenvalue weighted by Crippen LogP contribution is 2.33. The Bertz CT molecular complexity index is 900. The van der Waals surface area contributed by atoms with Crippen LogP contribution in [-0.4, -0.2) is 42.3 Å². The third kappa shape index (κ3) is 6.40. The van der Waals surface area contributed by atoms with Crippen LogP contribution >= 0.6 is 11.6 Å². The normalized spacial score (nSPS) is 22.0. The van der Waals surface area contributed by atoms with E-state index in [0.29, 0.717) is 34.6 Å². The van der Waals surface area contributed by atoms with E-state index >= 15 is 0 Å². The number of rotatable bonds is 10. The summed E-state index contributed by atoms with van der Waals surface area (Å²) in [5.41, 5.74) is 2.97. The lowest BCUT2D eigenvalue weighted by atomic mass is 9.83. The lowest BCUT2D eigenvalue weighted by Gasteiger charge is -2.31. The molecule has 0 spiro atoms. The minimum Gasteiger partial charge on any atom is -0.383 e. The van der Waals surface area contributed by atoms with Crippen molar-refractivity contribution in [3.63, 3.8) is 0 Å². The van der Waals surface area contributed by atoms with Gasteiger partial charge in [0.05, 0.1) is 18.5 Å². The van der Waals surface area contributed by atoms with Crippen molar-refractivity contribution in [2.24, 2.45) is 11.8 Å². The Hall–Kier alpha value is -1.76. The fourth-order valence-corrected chi connectivity index (χ4v) is 4.81. The molecule has 4 rings (SSSR count). The van der Waals surface area contributed by atoms with E-state index in [1.54, 1.807) is 13.3 Å². The van der Waals surface area contributed by atoms with E-state index in [0.717, 1.165) is 62.2 Å². The van der Waals surface area contributed by atoms with E-state index in [1.807, 2.05) is 12.1 Å². The van der Waals surface area contributed by atoms with E-state index in [1.165, 1.54) is 19.0 Å². The number of ether oxygens (including phenoxy) is 1. The van der Waals surface area contributed by atoms with Gasteiger partial charge in [0.25, 0.3) is 0 Å². The maximum Gasteiger partial charge on any atom is 0.152 e. The van der Waals surface area contributed by atoms with Crippen molar-refractivity contribution in [1.82, 2.24) is 15.3 Å². The number of nitrogens with zero attached hydrogens (tertiary/aromatic N) is 2. The molecule has 174 valence electrons. The molecule has 0 amide bonds. The van der Waals surface area contributed by atoms with Crippen molar-refractivity contribution in [2.75, 3.05) is 25.6 Å². The van der Waals surface area contributed by atoms with E-state index < -0.39 is 0 Å². The van der Waals surface area contributed by atoms with Crippen LogP contribution in [0.15, 0.2) is 24.5 Å². The van der Waals surface area contributed by atoms with Gasteiger partial charge in [0.1, 0.15) is 5.82 Å². The quantitative estimate of drug-likeness (QED) is 0.459. The maximum atomic E-state index is 14.7. The highest BCUT2D eigenvalue weighted by molar-refractivity contribution is 6.32. The molecule has 0 bridgehead atoms. The van der Waals surface area contributed by atoms with Crippen molar-refractivity contribution in [3.05, 3.63) is 41.2 Å². The Kier molecular flexibility index (Phi) is 7.98. The van der Waals surface area contributed by atoms with Gasteiger partial charge in [-0.2, -0.15) is 0 Å². The molecule has 7 heteroatoms. The van der Waals surface area contributed by atoms with Gasteiger partial charge in [-0.05, 0) is 75.8 Å². The Morgan fingerprint density at radius 3 is 2.56 bits per heavy atom. The fraction of sp³-hybridized carbons (Fsp3) is 0.600. The third-order valence-corrected chi connectivity index (χ3v) is 6.92. The second-order valence-electron chi connectivity index (χ2n) is 9.49. The van der Waals surface area contributed by atoms with Crippen LogP contribution in [0.25, 0.3) is 11.1 Å². The number of halogens is 2. The number of pyridine rings is 2. The Morgan fingerprint density at radius 2 is 1.84 bits per heavy atom. The molecule has 2 N–H and O–H groups in total. The van der Waals surface area contributed by atoms with Gasteiger partial charge < -0.3 is 15.4 Å². The van der Waals surface area contributed by atoms with Crippen LogP contribution in [0.2, 0.25) is 5.15 Å². The van der Waals surface area contributed by atoms with Crippen LogP contribution in [-0.2, 0) is 11.2 Å². The van der Waals surface area contributed by atoms with E-state index in [-0.39, 0.29) is 5.82 Å². The van der Waals surface area contributed by atoms with Crippen molar-refractivity contribution < 1.29 is 9.13 Å². The van der Waals surface area contributed by atoms with E-state index in [9.17, 15) is 4.39 Å². The van der Waals surface area contributed by atoms with Gasteiger partial charge in [-0.3, -0.25) is 4.98 Å². The zero-order chi connectivity index (χ0) is 22.5. The average molecular weight is 461 g/mol. The van der Waals surface area contributed by atoms with Crippen LogP contribution in [0, 0.1) is 17.7 Å². The first-order valence-corrected chi connectivity index (χ1v) is 12.2. The van der Waals surface area contributed by atoms with E-state index in [4.69, 9.17) is 16.3 Å². The molecule has 2 aromatic rings. The van der Waals surface area contributed by atoms with Crippen LogP contribution in [0.3, 0.4) is 0 Å². The molecule has 0 unspecified atom stereocenters. The predicted molar refractivity (Wildman–Crippen MR) is 128 cm³/mol. The number of hydrogen-bond acceptors (Lipinski definition) is 5. The summed E-state index contributed by atoms with van der Waals surface area (Å²) in [7, 11) is 1.74. The van der Waals surface area contributed by atoms with Crippen LogP contribution < -0.4 is 10.6 Å². The van der Waals surface area contributed by atoms with Gasteiger partial charge in [-0.15, -0.1) is 0 Å². The van der Waals surface area contributed by atoms with Crippen LogP contribution in [0.5, 0.6) is 0 Å². The SMILES string of the molecule is COC[C@@H](C)NC1CCC(Cc2cc(-c3cnc(Cl)c(NCC4CC4)c3)c(F)cn2)CC1. The molecule has 2 heterocycles. The molecular weight excluding hydrogens is 427 g/mol. The smallest absolute Gasteiger partial charge is 0.152 e. The molecule has 0 aliphatic heterocycles. The average Bonchev–Trinajstić information content (AvgIpc) is 3.61. The molecule has 2 aromatic heterocycles. The predicted octanol–water partition coefficient (Wildman–Crippen LogP) is 5.48. The zero-order valence-electron chi connectivity index (χ0n) is 19.0. The summed E-state index contributed by atoms with van der Waals surface area (Å²) in [5, 5.41) is 7.45. The van der Waals surface area contributed by atoms with Crippen molar-refractivity contribution in [1.29, 1.82) is 0 Å². The summed E-state index contributed by atoms with van der Waals surface area (Å²) in [6, 6.07) is 4.71. The Morgan fingerprint density at radius 1 is 1.09 bits per heavy atom. The van der Waals surface area contributed by atoms with Crippen LogP contribution in [0.4, 0.5) is 10.1 Å². The second-order valence-corrected chi connectivity index (χ2v) is 9.84. The first kappa shape index (κ1) is 23.4. The minimum atomic E-state index is -0.328. The van der Waals surface area contributed by atoms with Gasteiger partial charge in [0, 0.05) is 48.8 Å². The lowest BCUT2D eigenvalue weighted by molar-refractivity contribution is 0.158. The molecule has 2 aliphatic carbocycles. The van der Waals surface area contributed by atoms with Crippen molar-refractivity contribution in [2.45, 2.75) is 64.0 Å². The van der Waals surface area contributed by atoms with E-state index in [2.05, 4.69) is 27.5 Å². The number of hydrogen-bond donors (Lipinski definition) is 2. The van der Waals surface area contributed by atoms with Gasteiger partial charge in [0.15, 0.2) is 5.15 Å². The molecule has 2 saturated carbocycles. The molecular formula is C25H34ClFN4O. The summed E-state index contributed by atoms with van der Waals surface area (Å²) < 4.78 is 19.9. The highest BCUT2D eigenvalue weighted by atomic mass is 35.5. The molecule has 0 aromatic carbocycles. The second kappa shape index (κ2) is 10.9. The monoisotopic (exact) mass is 460 g/mol. The fourth-order valence-electron chi connectivity index (χ4n) is 4.64. The molecule has 0 saturated heterocycles. The summed E-state index contributed by atoms with van der Waals surface area (Å²) >= 11 is 6.26. The van der Waals surface area contributed by atoms with Gasteiger partial charge >= 0.3 is 0 Å². The first-order valence-electron chi connectivity index (χ1n) is 11.8. The standard InChI is InChI=1S/C25H34ClFN4O/c1-16(15-32-2)31-20-7-5-17(6-8-20)9-21-11-22(23(27)14-28-21)19-10-24(25(26)30-13-19)29-12-18-3-4-18/h10-11,13-14,16-18,20,29,31H,3-9,12,15H2,1-2H3/t16-,17?,20?/m1/s1. The highest BCUT2D eigenvalue weighted by Gasteiger charge is 2.24. The Labute approximate surface area is 195 Å². The first-order chi connectivity index (χ1) is 15.5. The molecule has 5 nitrogen and oxygen atoms in total. The topological polar surface area (TPSA) is 59.1 Å². The molecule has 2 aliphatic rings. The third-order valence-electron chi connectivity index (χ3n) is 6.62. The summed E-state index contributed by atoms with van der Waals surface area (Å²) in [5.74, 6) is 0.967. The minimum absolute atomic E-state index is 0.328. The molecule has 32 heavy (non-hydrogen) atoms. The van der Waals surface area contributed by atoms with Crippen molar-refractivity contribution >= 4 is 17.3 Å². The molecule has 2 fully saturated rings. The Balaban J connectivity index is 1.38. The van der Waals surface area contributed by atoms with Gasteiger partial charge in [-0.25, -0.2) is 9.37 Å². The molecule has 0 radical (unpaired) electrons. The summed E-state index contributed by atoms with van der Waals surface area (Å²) in [6.45, 7) is 3.79. The lowest BCUT2D eigenvalue weighted by Crippen LogP contribution is -2.41. The number of nitrogens with one attached hydrogen (secondary N) is 2. The van der Waals surface area contributed by atoms with Crippen LogP contribution in [0.1, 0.15) is 51.1 Å². The van der Waals surface area contributed by atoms with Gasteiger partial charge in [0.2, 0.25) is 0 Å². The summed E-state index contributed by atoms with van der Waals surface area (Å²) in [4.78, 5) is 8.67. The van der Waals surface area contributed by atoms with Gasteiger partial charge in [-0.1, -0.05) is 11.6 Å². The number of anilines is 1. The zero-order valence-corrected chi connectivity index (χ0v) is 19.8. The maximum absolute atomic E-state index is 14.7.